The second-order valence-corrected chi connectivity index (χ2v) is 6.03. The number of anilines is 1. The highest BCUT2D eigenvalue weighted by Crippen LogP contribution is 2.21. The third-order valence-electron chi connectivity index (χ3n) is 4.36. The van der Waals surface area contributed by atoms with E-state index in [1.807, 2.05) is 31.2 Å². The van der Waals surface area contributed by atoms with Crippen molar-refractivity contribution < 1.29 is 9.47 Å². The Balaban J connectivity index is 1.81. The van der Waals surface area contributed by atoms with Gasteiger partial charge in [0.15, 0.2) is 0 Å². The maximum absolute atomic E-state index is 12.3. The molecule has 134 valence electrons. The highest BCUT2D eigenvalue weighted by Gasteiger charge is 2.20. The van der Waals surface area contributed by atoms with Crippen LogP contribution < -0.4 is 21.4 Å². The van der Waals surface area contributed by atoms with E-state index in [0.29, 0.717) is 26.1 Å². The maximum atomic E-state index is 12.3. The summed E-state index contributed by atoms with van der Waals surface area (Å²) in [6, 6.07) is 7.23. The van der Waals surface area contributed by atoms with Crippen LogP contribution in [0.5, 0.6) is 5.75 Å². The molecule has 2 heterocycles. The van der Waals surface area contributed by atoms with E-state index in [2.05, 4.69) is 15.3 Å². The zero-order valence-electron chi connectivity index (χ0n) is 14.3. The molecule has 1 aromatic carbocycles. The molecule has 1 atom stereocenters. The number of hydrogen-bond donors (Lipinski definition) is 2. The lowest BCUT2D eigenvalue weighted by atomic mass is 10.1. The Kier molecular flexibility index (Phi) is 5.18. The topological polar surface area (TPSA) is 98.2 Å². The number of nitrogens with zero attached hydrogens (tertiary/aromatic N) is 2. The molecule has 8 heteroatoms. The Bertz CT molecular complexity index is 808. The van der Waals surface area contributed by atoms with E-state index in [0.717, 1.165) is 11.3 Å². The Morgan fingerprint density at radius 1 is 1.36 bits per heavy atom. The van der Waals surface area contributed by atoms with Gasteiger partial charge in [0, 0.05) is 19.3 Å². The lowest BCUT2D eigenvalue weighted by molar-refractivity contribution is 0.0670. The van der Waals surface area contributed by atoms with E-state index < -0.39 is 11.4 Å². The molecule has 1 aromatic heterocycles. The Morgan fingerprint density at radius 2 is 2.12 bits per heavy atom. The molecule has 1 fully saturated rings. The Morgan fingerprint density at radius 3 is 2.80 bits per heavy atom. The van der Waals surface area contributed by atoms with Crippen molar-refractivity contribution in [2.24, 2.45) is 0 Å². The molecule has 2 N–H and O–H groups in total. The number of ether oxygens (including phenoxy) is 2. The molecule has 1 aliphatic rings. The molecule has 0 spiro atoms. The fraction of sp³-hybridized carbons (Fsp3) is 0.471. The van der Waals surface area contributed by atoms with Crippen molar-refractivity contribution in [3.63, 3.8) is 0 Å². The predicted molar refractivity (Wildman–Crippen MR) is 93.2 cm³/mol. The van der Waals surface area contributed by atoms with Gasteiger partial charge in [-0.25, -0.2) is 14.2 Å². The van der Waals surface area contributed by atoms with Crippen LogP contribution in [0.3, 0.4) is 0 Å². The normalized spacial score (nSPS) is 16.4. The van der Waals surface area contributed by atoms with Gasteiger partial charge in [-0.15, -0.1) is 0 Å². The highest BCUT2D eigenvalue weighted by atomic mass is 16.5. The summed E-state index contributed by atoms with van der Waals surface area (Å²) in [6.07, 6.45) is 1.27. The van der Waals surface area contributed by atoms with Crippen molar-refractivity contribution in [2.45, 2.75) is 31.8 Å². The molecule has 1 aliphatic heterocycles. The maximum Gasteiger partial charge on any atom is 0.355 e. The monoisotopic (exact) mass is 346 g/mol. The van der Waals surface area contributed by atoms with Crippen molar-refractivity contribution in [1.29, 1.82) is 0 Å². The summed E-state index contributed by atoms with van der Waals surface area (Å²) in [5, 5.41) is 3.06. The van der Waals surface area contributed by atoms with Crippen molar-refractivity contribution in [3.05, 3.63) is 50.8 Å². The molecule has 0 bridgehead atoms. The van der Waals surface area contributed by atoms with Crippen molar-refractivity contribution in [2.75, 3.05) is 25.6 Å². The molecule has 1 saturated heterocycles. The SMILES string of the molecule is COc1cccc([C@H](C)Nc2nc(=O)n(C3CCOCC3)c(=O)[nH]2)c1. The van der Waals surface area contributed by atoms with E-state index in [1.165, 1.54) is 4.57 Å². The molecular weight excluding hydrogens is 324 g/mol. The zero-order chi connectivity index (χ0) is 17.8. The minimum atomic E-state index is -0.545. The first kappa shape index (κ1) is 17.2. The van der Waals surface area contributed by atoms with Crippen molar-refractivity contribution >= 4 is 5.95 Å². The average molecular weight is 346 g/mol. The van der Waals surface area contributed by atoms with Crippen LogP contribution >= 0.6 is 0 Å². The molecule has 0 aliphatic carbocycles. The van der Waals surface area contributed by atoms with Crippen LogP contribution in [-0.4, -0.2) is 34.9 Å². The minimum Gasteiger partial charge on any atom is -0.497 e. The zero-order valence-corrected chi connectivity index (χ0v) is 14.3. The van der Waals surface area contributed by atoms with Crippen LogP contribution in [0.15, 0.2) is 33.9 Å². The third kappa shape index (κ3) is 3.90. The number of hydrogen-bond acceptors (Lipinski definition) is 6. The molecule has 8 nitrogen and oxygen atoms in total. The number of rotatable bonds is 5. The van der Waals surface area contributed by atoms with Crippen LogP contribution in [0.25, 0.3) is 0 Å². The molecular formula is C17H22N4O4. The highest BCUT2D eigenvalue weighted by molar-refractivity contribution is 5.35. The van der Waals surface area contributed by atoms with Gasteiger partial charge in [0.25, 0.3) is 0 Å². The van der Waals surface area contributed by atoms with Gasteiger partial charge in [-0.2, -0.15) is 4.98 Å². The molecule has 0 amide bonds. The average Bonchev–Trinajstić information content (AvgIpc) is 2.62. The fourth-order valence-corrected chi connectivity index (χ4v) is 2.96. The Labute approximate surface area is 144 Å². The van der Waals surface area contributed by atoms with Gasteiger partial charge in [0.05, 0.1) is 13.2 Å². The molecule has 0 unspecified atom stereocenters. The largest absolute Gasteiger partial charge is 0.497 e. The van der Waals surface area contributed by atoms with Gasteiger partial charge in [0.2, 0.25) is 5.95 Å². The summed E-state index contributed by atoms with van der Waals surface area (Å²) in [4.78, 5) is 31.3. The summed E-state index contributed by atoms with van der Waals surface area (Å²) in [7, 11) is 1.60. The van der Waals surface area contributed by atoms with Gasteiger partial charge in [-0.1, -0.05) is 12.1 Å². The van der Waals surface area contributed by atoms with Crippen LogP contribution in [-0.2, 0) is 4.74 Å². The van der Waals surface area contributed by atoms with Gasteiger partial charge in [0.1, 0.15) is 5.75 Å². The second-order valence-electron chi connectivity index (χ2n) is 6.03. The summed E-state index contributed by atoms with van der Waals surface area (Å²) in [5.41, 5.74) is -0.0427. The van der Waals surface area contributed by atoms with Gasteiger partial charge < -0.3 is 14.8 Å². The fourth-order valence-electron chi connectivity index (χ4n) is 2.96. The summed E-state index contributed by atoms with van der Waals surface area (Å²) in [5.74, 6) is 0.899. The first-order valence-electron chi connectivity index (χ1n) is 8.29. The number of aromatic nitrogens is 3. The molecule has 0 radical (unpaired) electrons. The van der Waals surface area contributed by atoms with Gasteiger partial charge in [-0.05, 0) is 37.5 Å². The lowest BCUT2D eigenvalue weighted by Gasteiger charge is -2.23. The van der Waals surface area contributed by atoms with E-state index in [-0.39, 0.29) is 18.0 Å². The summed E-state index contributed by atoms with van der Waals surface area (Å²) < 4.78 is 11.7. The summed E-state index contributed by atoms with van der Waals surface area (Å²) in [6.45, 7) is 3.01. The first-order chi connectivity index (χ1) is 12.1. The predicted octanol–water partition coefficient (Wildman–Crippen LogP) is 1.46. The first-order valence-corrected chi connectivity index (χ1v) is 8.29. The molecule has 2 aromatic rings. The number of nitrogens with one attached hydrogen (secondary N) is 2. The van der Waals surface area contributed by atoms with E-state index in [9.17, 15) is 9.59 Å². The standard InChI is InChI=1S/C17H22N4O4/c1-11(12-4-3-5-14(10-12)24-2)18-15-19-16(22)21(17(23)20-15)13-6-8-25-9-7-13/h3-5,10-11,13H,6-9H2,1-2H3,(H2,18,19,20,22,23)/t11-/m0/s1. The second kappa shape index (κ2) is 7.52. The van der Waals surface area contributed by atoms with Crippen LogP contribution in [0.1, 0.15) is 37.4 Å². The van der Waals surface area contributed by atoms with Gasteiger partial charge >= 0.3 is 11.4 Å². The van der Waals surface area contributed by atoms with Crippen LogP contribution in [0, 0.1) is 0 Å². The van der Waals surface area contributed by atoms with Gasteiger partial charge in [-0.3, -0.25) is 4.98 Å². The van der Waals surface area contributed by atoms with E-state index >= 15 is 0 Å². The smallest absolute Gasteiger partial charge is 0.355 e. The quantitative estimate of drug-likeness (QED) is 0.851. The lowest BCUT2D eigenvalue weighted by Crippen LogP contribution is -2.42. The number of benzene rings is 1. The molecule has 25 heavy (non-hydrogen) atoms. The van der Waals surface area contributed by atoms with Crippen LogP contribution in [0.4, 0.5) is 5.95 Å². The number of methoxy groups -OCH3 is 1. The third-order valence-corrected chi connectivity index (χ3v) is 4.36. The summed E-state index contributed by atoms with van der Waals surface area (Å²) >= 11 is 0. The van der Waals surface area contributed by atoms with Crippen LogP contribution in [0.2, 0.25) is 0 Å². The number of aromatic amines is 1. The van der Waals surface area contributed by atoms with Crippen molar-refractivity contribution in [3.8, 4) is 5.75 Å². The van der Waals surface area contributed by atoms with E-state index in [4.69, 9.17) is 9.47 Å². The number of H-pyrrole nitrogens is 1. The molecule has 3 rings (SSSR count). The Hall–Kier alpha value is -2.61. The molecule has 0 saturated carbocycles. The van der Waals surface area contributed by atoms with E-state index in [1.54, 1.807) is 7.11 Å². The van der Waals surface area contributed by atoms with Crippen molar-refractivity contribution in [1.82, 2.24) is 14.5 Å². The minimum absolute atomic E-state index is 0.156.